The molecule has 1 fully saturated rings. The Balaban J connectivity index is 3.01. The van der Waals surface area contributed by atoms with Crippen molar-refractivity contribution in [2.45, 2.75) is 110 Å². The molecule has 1 amide bonds. The van der Waals surface area contributed by atoms with Gasteiger partial charge in [-0.25, -0.2) is 4.79 Å². The topological polar surface area (TPSA) is 59.0 Å². The molecule has 1 aliphatic rings. The van der Waals surface area contributed by atoms with Crippen LogP contribution in [0.25, 0.3) is 0 Å². The van der Waals surface area contributed by atoms with Gasteiger partial charge in [-0.15, -0.1) is 0 Å². The van der Waals surface area contributed by atoms with E-state index in [2.05, 4.69) is 33.9 Å². The Labute approximate surface area is 155 Å². The van der Waals surface area contributed by atoms with E-state index in [1.165, 1.54) is 0 Å². The van der Waals surface area contributed by atoms with E-state index in [9.17, 15) is 9.90 Å². The number of aliphatic hydroxyl groups excluding tert-OH is 1. The summed E-state index contributed by atoms with van der Waals surface area (Å²) in [5, 5.41) is 10.8. The van der Waals surface area contributed by atoms with E-state index in [0.29, 0.717) is 13.0 Å². The first kappa shape index (κ1) is 22.4. The normalized spacial score (nSPS) is 23.7. The van der Waals surface area contributed by atoms with Crippen LogP contribution in [0, 0.1) is 0 Å². The van der Waals surface area contributed by atoms with Gasteiger partial charge in [-0.2, -0.15) is 0 Å². The van der Waals surface area contributed by atoms with Gasteiger partial charge in [0.15, 0.2) is 8.32 Å². The summed E-state index contributed by atoms with van der Waals surface area (Å²) in [5.74, 6) is 0. The van der Waals surface area contributed by atoms with Gasteiger partial charge in [0.1, 0.15) is 5.60 Å². The number of carbonyl (C=O) groups excluding carboxylic acids is 1. The predicted molar refractivity (Wildman–Crippen MR) is 104 cm³/mol. The van der Waals surface area contributed by atoms with Crippen molar-refractivity contribution in [2.24, 2.45) is 0 Å². The first-order valence-electron chi connectivity index (χ1n) is 9.55. The van der Waals surface area contributed by atoms with E-state index in [1.807, 2.05) is 27.7 Å². The molecule has 148 valence electrons. The molecule has 3 atom stereocenters. The second-order valence-electron chi connectivity index (χ2n) is 9.73. The first-order chi connectivity index (χ1) is 11.2. The van der Waals surface area contributed by atoms with Gasteiger partial charge in [0.25, 0.3) is 0 Å². The minimum atomic E-state index is -1.98. The second-order valence-corrected chi connectivity index (χ2v) is 14.5. The fourth-order valence-corrected chi connectivity index (χ4v) is 4.29. The fraction of sp³-hybridized carbons (Fsp3) is 0.947. The SMILES string of the molecule is CCCC(O)[C@@H]1[C@@H](O[Si](C)(C)C(C)(C)C)CCN1C(=O)OC(C)(C)C. The Hall–Kier alpha value is -0.593. The minimum Gasteiger partial charge on any atom is -0.444 e. The summed E-state index contributed by atoms with van der Waals surface area (Å²) in [6, 6.07) is -0.330. The van der Waals surface area contributed by atoms with Crippen LogP contribution < -0.4 is 0 Å². The Morgan fingerprint density at radius 2 is 1.80 bits per heavy atom. The zero-order chi connectivity index (χ0) is 19.6. The van der Waals surface area contributed by atoms with Gasteiger partial charge in [0.2, 0.25) is 0 Å². The molecule has 1 N–H and O–H groups in total. The lowest BCUT2D eigenvalue weighted by Crippen LogP contribution is -2.53. The number of ether oxygens (including phenoxy) is 1. The van der Waals surface area contributed by atoms with Gasteiger partial charge in [0.05, 0.1) is 18.2 Å². The van der Waals surface area contributed by atoms with Crippen molar-refractivity contribution < 1.29 is 19.1 Å². The van der Waals surface area contributed by atoms with Crippen molar-refractivity contribution in [1.82, 2.24) is 4.90 Å². The van der Waals surface area contributed by atoms with E-state index in [0.717, 1.165) is 12.8 Å². The molecule has 0 aromatic carbocycles. The van der Waals surface area contributed by atoms with Gasteiger partial charge in [-0.1, -0.05) is 34.1 Å². The van der Waals surface area contributed by atoms with Crippen molar-refractivity contribution in [1.29, 1.82) is 0 Å². The van der Waals surface area contributed by atoms with E-state index < -0.39 is 20.0 Å². The molecule has 0 saturated carbocycles. The van der Waals surface area contributed by atoms with Crippen molar-refractivity contribution in [3.63, 3.8) is 0 Å². The summed E-state index contributed by atoms with van der Waals surface area (Å²) in [5.41, 5.74) is -0.546. The molecular formula is C19H39NO4Si. The highest BCUT2D eigenvalue weighted by Gasteiger charge is 2.48. The summed E-state index contributed by atoms with van der Waals surface area (Å²) in [6.07, 6.45) is 1.20. The number of carbonyl (C=O) groups is 1. The summed E-state index contributed by atoms with van der Waals surface area (Å²) >= 11 is 0. The number of nitrogens with zero attached hydrogens (tertiary/aromatic N) is 1. The lowest BCUT2D eigenvalue weighted by Gasteiger charge is -2.41. The molecule has 1 heterocycles. The molecule has 6 heteroatoms. The van der Waals surface area contributed by atoms with Crippen molar-refractivity contribution in [2.75, 3.05) is 6.54 Å². The van der Waals surface area contributed by atoms with Crippen LogP contribution in [0.4, 0.5) is 4.79 Å². The largest absolute Gasteiger partial charge is 0.444 e. The maximum atomic E-state index is 12.6. The standard InChI is InChI=1S/C19H39NO4Si/c1-10-11-14(21)16-15(24-25(8,9)19(5,6)7)12-13-20(16)17(22)23-18(2,3)4/h14-16,21H,10-13H2,1-9H3/t14?,15-,16+/m0/s1. The summed E-state index contributed by atoms with van der Waals surface area (Å²) in [6.45, 7) is 19.2. The van der Waals surface area contributed by atoms with Crippen molar-refractivity contribution >= 4 is 14.4 Å². The average molecular weight is 374 g/mol. The van der Waals surface area contributed by atoms with Gasteiger partial charge in [-0.3, -0.25) is 4.90 Å². The van der Waals surface area contributed by atoms with Crippen LogP contribution in [0.15, 0.2) is 0 Å². The Morgan fingerprint density at radius 3 is 2.24 bits per heavy atom. The van der Waals surface area contributed by atoms with Crippen LogP contribution >= 0.6 is 0 Å². The quantitative estimate of drug-likeness (QED) is 0.718. The summed E-state index contributed by atoms with van der Waals surface area (Å²) in [4.78, 5) is 14.3. The third kappa shape index (κ3) is 5.96. The van der Waals surface area contributed by atoms with Crippen LogP contribution in [0.5, 0.6) is 0 Å². The molecule has 5 nitrogen and oxygen atoms in total. The lowest BCUT2D eigenvalue weighted by atomic mass is 10.0. The molecule has 0 aliphatic carbocycles. The Morgan fingerprint density at radius 1 is 1.24 bits per heavy atom. The Bertz CT molecular complexity index is 453. The number of aliphatic hydroxyl groups is 1. The van der Waals surface area contributed by atoms with E-state index >= 15 is 0 Å². The molecule has 0 spiro atoms. The van der Waals surface area contributed by atoms with Crippen LogP contribution in [0.3, 0.4) is 0 Å². The first-order valence-corrected chi connectivity index (χ1v) is 12.5. The number of hydrogen-bond donors (Lipinski definition) is 1. The zero-order valence-electron chi connectivity index (χ0n) is 17.7. The minimum absolute atomic E-state index is 0.0899. The number of amides is 1. The van der Waals surface area contributed by atoms with E-state index in [4.69, 9.17) is 9.16 Å². The average Bonchev–Trinajstić information content (AvgIpc) is 2.78. The highest BCUT2D eigenvalue weighted by Crippen LogP contribution is 2.40. The molecular weight excluding hydrogens is 334 g/mol. The molecule has 1 saturated heterocycles. The van der Waals surface area contributed by atoms with Crippen LogP contribution in [0.2, 0.25) is 18.1 Å². The monoisotopic (exact) mass is 373 g/mol. The molecule has 0 radical (unpaired) electrons. The third-order valence-electron chi connectivity index (χ3n) is 5.25. The molecule has 1 aliphatic heterocycles. The number of likely N-dealkylation sites (tertiary alicyclic amines) is 1. The number of hydrogen-bond acceptors (Lipinski definition) is 4. The van der Waals surface area contributed by atoms with Gasteiger partial charge in [-0.05, 0) is 51.7 Å². The third-order valence-corrected chi connectivity index (χ3v) is 9.76. The molecule has 0 aromatic rings. The van der Waals surface area contributed by atoms with E-state index in [1.54, 1.807) is 4.90 Å². The smallest absolute Gasteiger partial charge is 0.410 e. The highest BCUT2D eigenvalue weighted by atomic mass is 28.4. The second kappa shape index (κ2) is 7.97. The molecule has 0 aromatic heterocycles. The van der Waals surface area contributed by atoms with E-state index in [-0.39, 0.29) is 23.3 Å². The zero-order valence-corrected chi connectivity index (χ0v) is 18.7. The molecule has 0 bridgehead atoms. The molecule has 1 unspecified atom stereocenters. The number of rotatable bonds is 5. The van der Waals surface area contributed by atoms with Crippen LogP contribution in [-0.4, -0.2) is 54.8 Å². The fourth-order valence-electron chi connectivity index (χ4n) is 2.93. The lowest BCUT2D eigenvalue weighted by molar-refractivity contribution is -0.0144. The molecule has 25 heavy (non-hydrogen) atoms. The van der Waals surface area contributed by atoms with Crippen LogP contribution in [0.1, 0.15) is 67.7 Å². The predicted octanol–water partition coefficient (Wildman–Crippen LogP) is 4.55. The van der Waals surface area contributed by atoms with Crippen molar-refractivity contribution in [3.8, 4) is 0 Å². The van der Waals surface area contributed by atoms with Gasteiger partial charge >= 0.3 is 6.09 Å². The maximum absolute atomic E-state index is 12.6. The highest BCUT2D eigenvalue weighted by molar-refractivity contribution is 6.74. The van der Waals surface area contributed by atoms with Gasteiger partial charge < -0.3 is 14.3 Å². The summed E-state index contributed by atoms with van der Waals surface area (Å²) < 4.78 is 12.1. The maximum Gasteiger partial charge on any atom is 0.410 e. The summed E-state index contributed by atoms with van der Waals surface area (Å²) in [7, 11) is -1.98. The van der Waals surface area contributed by atoms with Crippen molar-refractivity contribution in [3.05, 3.63) is 0 Å². The van der Waals surface area contributed by atoms with Crippen LogP contribution in [-0.2, 0) is 9.16 Å². The Kier molecular flexibility index (Phi) is 7.15. The molecule has 1 rings (SSSR count). The van der Waals surface area contributed by atoms with Gasteiger partial charge in [0, 0.05) is 6.54 Å².